The lowest BCUT2D eigenvalue weighted by molar-refractivity contribution is 0.157. The first kappa shape index (κ1) is 13.2. The molecule has 1 atom stereocenters. The molecule has 0 aromatic heterocycles. The Kier molecular flexibility index (Phi) is 4.44. The SMILES string of the molecule is O=C(NCc1ccccc1Cl)N1CCC[C@H]1CO. The molecule has 1 aliphatic heterocycles. The van der Waals surface area contributed by atoms with Crippen molar-refractivity contribution in [3.63, 3.8) is 0 Å². The van der Waals surface area contributed by atoms with Crippen LogP contribution in [0, 0.1) is 0 Å². The second kappa shape index (κ2) is 6.07. The summed E-state index contributed by atoms with van der Waals surface area (Å²) in [5, 5.41) is 12.7. The van der Waals surface area contributed by atoms with E-state index in [1.54, 1.807) is 11.0 Å². The summed E-state index contributed by atoms with van der Waals surface area (Å²) in [6.45, 7) is 1.15. The average molecular weight is 269 g/mol. The third-order valence-corrected chi connectivity index (χ3v) is 3.61. The highest BCUT2D eigenvalue weighted by molar-refractivity contribution is 6.31. The number of hydrogen-bond donors (Lipinski definition) is 2. The Bertz CT molecular complexity index is 425. The minimum absolute atomic E-state index is 0.0273. The lowest BCUT2D eigenvalue weighted by Crippen LogP contribution is -2.43. The number of amides is 2. The molecule has 1 aromatic carbocycles. The smallest absolute Gasteiger partial charge is 0.317 e. The van der Waals surface area contributed by atoms with Crippen molar-refractivity contribution in [2.24, 2.45) is 0 Å². The van der Waals surface area contributed by atoms with E-state index >= 15 is 0 Å². The third kappa shape index (κ3) is 2.94. The number of nitrogens with zero attached hydrogens (tertiary/aromatic N) is 1. The summed E-state index contributed by atoms with van der Waals surface area (Å²) in [5.41, 5.74) is 0.896. The lowest BCUT2D eigenvalue weighted by atomic mass is 10.2. The van der Waals surface area contributed by atoms with Crippen LogP contribution in [0.1, 0.15) is 18.4 Å². The second-order valence-corrected chi connectivity index (χ2v) is 4.83. The van der Waals surface area contributed by atoms with Crippen LogP contribution in [0.15, 0.2) is 24.3 Å². The van der Waals surface area contributed by atoms with Crippen molar-refractivity contribution in [3.05, 3.63) is 34.9 Å². The predicted octanol–water partition coefficient (Wildman–Crippen LogP) is 2.01. The molecule has 98 valence electrons. The molecular weight excluding hydrogens is 252 g/mol. The molecule has 0 radical (unpaired) electrons. The number of aliphatic hydroxyl groups is 1. The number of halogens is 1. The third-order valence-electron chi connectivity index (χ3n) is 3.24. The van der Waals surface area contributed by atoms with E-state index in [4.69, 9.17) is 11.6 Å². The van der Waals surface area contributed by atoms with Crippen molar-refractivity contribution in [1.29, 1.82) is 0 Å². The Morgan fingerprint density at radius 3 is 3.00 bits per heavy atom. The van der Waals surface area contributed by atoms with Crippen LogP contribution in [0.2, 0.25) is 5.02 Å². The summed E-state index contributed by atoms with van der Waals surface area (Å²) in [4.78, 5) is 13.7. The van der Waals surface area contributed by atoms with Crippen molar-refractivity contribution >= 4 is 17.6 Å². The molecule has 1 fully saturated rings. The van der Waals surface area contributed by atoms with E-state index in [9.17, 15) is 9.90 Å². The molecule has 2 rings (SSSR count). The fourth-order valence-electron chi connectivity index (χ4n) is 2.21. The number of carbonyl (C=O) groups excluding carboxylic acids is 1. The standard InChI is InChI=1S/C13H17ClN2O2/c14-12-6-2-1-4-10(12)8-15-13(18)16-7-3-5-11(16)9-17/h1-2,4,6,11,17H,3,5,7-9H2,(H,15,18)/t11-/m0/s1. The highest BCUT2D eigenvalue weighted by Gasteiger charge is 2.27. The van der Waals surface area contributed by atoms with Crippen molar-refractivity contribution in [2.75, 3.05) is 13.2 Å². The molecule has 5 heteroatoms. The van der Waals surface area contributed by atoms with Crippen molar-refractivity contribution in [1.82, 2.24) is 10.2 Å². The number of urea groups is 1. The topological polar surface area (TPSA) is 52.6 Å². The molecule has 0 aliphatic carbocycles. The second-order valence-electron chi connectivity index (χ2n) is 4.42. The van der Waals surface area contributed by atoms with E-state index in [1.807, 2.05) is 18.2 Å². The molecule has 0 unspecified atom stereocenters. The molecular formula is C13H17ClN2O2. The summed E-state index contributed by atoms with van der Waals surface area (Å²) in [6.07, 6.45) is 1.82. The van der Waals surface area contributed by atoms with Crippen LogP contribution in [-0.2, 0) is 6.54 Å². The summed E-state index contributed by atoms with van der Waals surface area (Å²) in [6, 6.07) is 7.25. The summed E-state index contributed by atoms with van der Waals surface area (Å²) in [5.74, 6) is 0. The van der Waals surface area contributed by atoms with E-state index in [0.717, 1.165) is 18.4 Å². The Labute approximate surface area is 112 Å². The minimum atomic E-state index is -0.133. The maximum absolute atomic E-state index is 12.0. The van der Waals surface area contributed by atoms with E-state index in [-0.39, 0.29) is 18.7 Å². The van der Waals surface area contributed by atoms with Gasteiger partial charge in [-0.25, -0.2) is 4.79 Å². The molecule has 18 heavy (non-hydrogen) atoms. The van der Waals surface area contributed by atoms with Gasteiger partial charge in [0, 0.05) is 18.1 Å². The van der Waals surface area contributed by atoms with Crippen LogP contribution in [0.3, 0.4) is 0 Å². The van der Waals surface area contributed by atoms with Crippen LogP contribution in [-0.4, -0.2) is 35.2 Å². The average Bonchev–Trinajstić information content (AvgIpc) is 2.86. The number of nitrogens with one attached hydrogen (secondary N) is 1. The van der Waals surface area contributed by atoms with Crippen molar-refractivity contribution in [3.8, 4) is 0 Å². The van der Waals surface area contributed by atoms with Gasteiger partial charge < -0.3 is 15.3 Å². The Morgan fingerprint density at radius 1 is 1.50 bits per heavy atom. The quantitative estimate of drug-likeness (QED) is 0.881. The number of rotatable bonds is 3. The van der Waals surface area contributed by atoms with Gasteiger partial charge in [0.2, 0.25) is 0 Å². The Hall–Kier alpha value is -1.26. The van der Waals surface area contributed by atoms with Gasteiger partial charge in [0.05, 0.1) is 12.6 Å². The zero-order valence-corrected chi connectivity index (χ0v) is 10.9. The molecule has 1 aromatic rings. The number of carbonyl (C=O) groups is 1. The normalized spacial score (nSPS) is 19.0. The first-order valence-corrected chi connectivity index (χ1v) is 6.49. The molecule has 2 amide bonds. The molecule has 1 aliphatic rings. The number of hydrogen-bond acceptors (Lipinski definition) is 2. The largest absolute Gasteiger partial charge is 0.394 e. The molecule has 2 N–H and O–H groups in total. The number of likely N-dealkylation sites (tertiary alicyclic amines) is 1. The highest BCUT2D eigenvalue weighted by atomic mass is 35.5. The van der Waals surface area contributed by atoms with Gasteiger partial charge in [-0.3, -0.25) is 0 Å². The van der Waals surface area contributed by atoms with Gasteiger partial charge in [0.1, 0.15) is 0 Å². The van der Waals surface area contributed by atoms with Crippen LogP contribution >= 0.6 is 11.6 Å². The molecule has 0 bridgehead atoms. The van der Waals surface area contributed by atoms with Crippen LogP contribution < -0.4 is 5.32 Å². The summed E-state index contributed by atoms with van der Waals surface area (Å²) < 4.78 is 0. The van der Waals surface area contributed by atoms with Gasteiger partial charge in [-0.05, 0) is 24.5 Å². The van der Waals surface area contributed by atoms with E-state index < -0.39 is 0 Å². The highest BCUT2D eigenvalue weighted by Crippen LogP contribution is 2.18. The summed E-state index contributed by atoms with van der Waals surface area (Å²) >= 11 is 6.02. The van der Waals surface area contributed by atoms with Gasteiger partial charge in [0.25, 0.3) is 0 Å². The summed E-state index contributed by atoms with van der Waals surface area (Å²) in [7, 11) is 0. The van der Waals surface area contributed by atoms with Gasteiger partial charge in [-0.2, -0.15) is 0 Å². The maximum atomic E-state index is 12.0. The van der Waals surface area contributed by atoms with Crippen LogP contribution in [0.4, 0.5) is 4.79 Å². The molecule has 1 heterocycles. The molecule has 1 saturated heterocycles. The first-order valence-electron chi connectivity index (χ1n) is 6.11. The van der Waals surface area contributed by atoms with Gasteiger partial charge in [-0.15, -0.1) is 0 Å². The zero-order valence-electron chi connectivity index (χ0n) is 10.1. The first-order chi connectivity index (χ1) is 8.72. The van der Waals surface area contributed by atoms with Crippen molar-refractivity contribution in [2.45, 2.75) is 25.4 Å². The van der Waals surface area contributed by atoms with E-state index in [2.05, 4.69) is 5.32 Å². The van der Waals surface area contributed by atoms with Gasteiger partial charge in [-0.1, -0.05) is 29.8 Å². The Morgan fingerprint density at radius 2 is 2.28 bits per heavy atom. The predicted molar refractivity (Wildman–Crippen MR) is 70.5 cm³/mol. The van der Waals surface area contributed by atoms with Gasteiger partial charge in [0.15, 0.2) is 0 Å². The maximum Gasteiger partial charge on any atom is 0.317 e. The minimum Gasteiger partial charge on any atom is -0.394 e. The molecule has 0 spiro atoms. The van der Waals surface area contributed by atoms with Crippen LogP contribution in [0.5, 0.6) is 0 Å². The number of benzene rings is 1. The Balaban J connectivity index is 1.90. The van der Waals surface area contributed by atoms with E-state index in [1.165, 1.54) is 0 Å². The molecule has 4 nitrogen and oxygen atoms in total. The fraction of sp³-hybridized carbons (Fsp3) is 0.462. The van der Waals surface area contributed by atoms with Crippen LogP contribution in [0.25, 0.3) is 0 Å². The fourth-order valence-corrected chi connectivity index (χ4v) is 2.41. The molecule has 0 saturated carbocycles. The van der Waals surface area contributed by atoms with Gasteiger partial charge >= 0.3 is 6.03 Å². The number of aliphatic hydroxyl groups excluding tert-OH is 1. The lowest BCUT2D eigenvalue weighted by Gasteiger charge is -2.23. The monoisotopic (exact) mass is 268 g/mol. The zero-order chi connectivity index (χ0) is 13.0. The van der Waals surface area contributed by atoms with E-state index in [0.29, 0.717) is 18.1 Å². The van der Waals surface area contributed by atoms with Crippen molar-refractivity contribution < 1.29 is 9.90 Å².